The molecular weight excluding hydrogens is 404 g/mol. The van der Waals surface area contributed by atoms with Crippen molar-refractivity contribution in [2.45, 2.75) is 37.3 Å². The summed E-state index contributed by atoms with van der Waals surface area (Å²) in [5.74, 6) is -0.230. The molecule has 1 saturated carbocycles. The van der Waals surface area contributed by atoms with Crippen LogP contribution in [0.3, 0.4) is 0 Å². The van der Waals surface area contributed by atoms with Crippen LogP contribution >= 0.6 is 0 Å². The summed E-state index contributed by atoms with van der Waals surface area (Å²) in [6.45, 7) is 1.86. The van der Waals surface area contributed by atoms with Gasteiger partial charge in [-0.05, 0) is 60.2 Å². The van der Waals surface area contributed by atoms with Crippen molar-refractivity contribution < 1.29 is 14.7 Å². The van der Waals surface area contributed by atoms with Crippen molar-refractivity contribution in [3.63, 3.8) is 0 Å². The van der Waals surface area contributed by atoms with E-state index in [9.17, 15) is 14.7 Å². The first-order valence-corrected chi connectivity index (χ1v) is 11.2. The fraction of sp³-hybridized carbons (Fsp3) is 0.400. The van der Waals surface area contributed by atoms with Crippen LogP contribution in [0.25, 0.3) is 11.1 Å². The van der Waals surface area contributed by atoms with Gasteiger partial charge in [-0.1, -0.05) is 18.2 Å². The smallest absolute Gasteiger partial charge is 0.254 e. The average molecular weight is 431 g/mol. The van der Waals surface area contributed by atoms with Crippen LogP contribution in [-0.4, -0.2) is 64.5 Å². The summed E-state index contributed by atoms with van der Waals surface area (Å²) in [6, 6.07) is 15.8. The van der Waals surface area contributed by atoms with Gasteiger partial charge in [0.25, 0.3) is 11.8 Å². The maximum atomic E-state index is 12.9. The van der Waals surface area contributed by atoms with Crippen LogP contribution in [0.1, 0.15) is 35.2 Å². The summed E-state index contributed by atoms with van der Waals surface area (Å²) < 4.78 is 0. The van der Waals surface area contributed by atoms with E-state index in [4.69, 9.17) is 5.26 Å². The summed E-state index contributed by atoms with van der Waals surface area (Å²) in [6.07, 6.45) is 2.66. The zero-order valence-electron chi connectivity index (χ0n) is 17.9. The summed E-state index contributed by atoms with van der Waals surface area (Å²) in [5, 5.41) is 22.6. The number of benzene rings is 2. The van der Waals surface area contributed by atoms with Crippen molar-refractivity contribution in [3.05, 3.63) is 53.6 Å². The molecule has 2 fully saturated rings. The molecule has 2 amide bonds. The van der Waals surface area contributed by atoms with E-state index < -0.39 is 5.60 Å². The molecule has 3 aliphatic rings. The molecule has 0 bridgehead atoms. The normalized spacial score (nSPS) is 21.2. The Kier molecular flexibility index (Phi) is 5.10. The van der Waals surface area contributed by atoms with E-state index in [-0.39, 0.29) is 17.9 Å². The second-order valence-electron chi connectivity index (χ2n) is 8.95. The summed E-state index contributed by atoms with van der Waals surface area (Å²) >= 11 is 0. The molecule has 2 heterocycles. The Morgan fingerprint density at radius 2 is 1.66 bits per heavy atom. The summed E-state index contributed by atoms with van der Waals surface area (Å²) in [4.78, 5) is 28.9. The third-order valence-electron chi connectivity index (χ3n) is 6.91. The van der Waals surface area contributed by atoms with Gasteiger partial charge in [-0.15, -0.1) is 0 Å². The number of nitrogens with one attached hydrogen (secondary N) is 1. The highest BCUT2D eigenvalue weighted by Gasteiger charge is 2.45. The Balaban J connectivity index is 1.22. The Bertz CT molecular complexity index is 1090. The molecule has 1 saturated heterocycles. The van der Waals surface area contributed by atoms with Crippen molar-refractivity contribution in [1.29, 1.82) is 5.26 Å². The Morgan fingerprint density at radius 3 is 2.28 bits per heavy atom. The second kappa shape index (κ2) is 7.95. The first kappa shape index (κ1) is 20.5. The molecule has 7 nitrogen and oxygen atoms in total. The molecule has 2 aromatic rings. The number of rotatable bonds is 3. The van der Waals surface area contributed by atoms with Crippen LogP contribution < -0.4 is 5.32 Å². The van der Waals surface area contributed by atoms with E-state index in [0.29, 0.717) is 51.0 Å². The number of hydrogen-bond donors (Lipinski definition) is 2. The van der Waals surface area contributed by atoms with E-state index in [1.54, 1.807) is 9.80 Å². The van der Waals surface area contributed by atoms with Crippen LogP contribution in [0.15, 0.2) is 42.5 Å². The van der Waals surface area contributed by atoms with Crippen LogP contribution in [0, 0.1) is 11.3 Å². The molecule has 1 unspecified atom stereocenters. The van der Waals surface area contributed by atoms with Crippen molar-refractivity contribution in [2.24, 2.45) is 0 Å². The van der Waals surface area contributed by atoms with Gasteiger partial charge in [0.15, 0.2) is 0 Å². The number of nitrogens with zero attached hydrogens (tertiary/aromatic N) is 3. The van der Waals surface area contributed by atoms with Gasteiger partial charge < -0.3 is 20.2 Å². The molecule has 5 rings (SSSR count). The standard InChI is InChI=1S/C25H26N4O3/c26-16-21-15-20-14-19(6-7-22(20)27-21)17-2-4-18(5-3-17)23(30)28-10-12-29(13-11-28)24(31)25(32)8-1-9-25/h2-7,14,21,27,32H,1,8-13,15H2. The number of piperazine rings is 1. The minimum absolute atomic E-state index is 0.0407. The number of nitriles is 1. The fourth-order valence-corrected chi connectivity index (χ4v) is 4.74. The molecule has 2 N–H and O–H groups in total. The van der Waals surface area contributed by atoms with Crippen molar-refractivity contribution in [3.8, 4) is 17.2 Å². The maximum Gasteiger partial charge on any atom is 0.254 e. The number of amides is 2. The van der Waals surface area contributed by atoms with Gasteiger partial charge >= 0.3 is 0 Å². The molecule has 0 spiro atoms. The molecule has 0 radical (unpaired) electrons. The topological polar surface area (TPSA) is 96.7 Å². The largest absolute Gasteiger partial charge is 0.380 e. The first-order chi connectivity index (χ1) is 15.5. The van der Waals surface area contributed by atoms with Crippen molar-refractivity contribution >= 4 is 17.5 Å². The van der Waals surface area contributed by atoms with Gasteiger partial charge in [-0.2, -0.15) is 5.26 Å². The lowest BCUT2D eigenvalue weighted by Crippen LogP contribution is -2.58. The van der Waals surface area contributed by atoms with Crippen molar-refractivity contribution in [2.75, 3.05) is 31.5 Å². The van der Waals surface area contributed by atoms with E-state index >= 15 is 0 Å². The molecule has 2 aromatic carbocycles. The number of fused-ring (bicyclic) bond motifs is 1. The minimum Gasteiger partial charge on any atom is -0.380 e. The maximum absolute atomic E-state index is 12.9. The highest BCUT2D eigenvalue weighted by atomic mass is 16.3. The molecule has 2 aliphatic heterocycles. The first-order valence-electron chi connectivity index (χ1n) is 11.2. The van der Waals surface area contributed by atoms with E-state index in [0.717, 1.165) is 28.8 Å². The van der Waals surface area contributed by atoms with Crippen LogP contribution in [0.4, 0.5) is 5.69 Å². The minimum atomic E-state index is -1.18. The number of carbonyl (C=O) groups is 2. The molecule has 1 atom stereocenters. The van der Waals surface area contributed by atoms with Crippen LogP contribution in [0.5, 0.6) is 0 Å². The van der Waals surface area contributed by atoms with E-state index in [1.165, 1.54) is 0 Å². The van der Waals surface area contributed by atoms with Gasteiger partial charge in [0.1, 0.15) is 11.6 Å². The second-order valence-corrected chi connectivity index (χ2v) is 8.95. The molecule has 164 valence electrons. The van der Waals surface area contributed by atoms with Crippen LogP contribution in [0.2, 0.25) is 0 Å². The van der Waals surface area contributed by atoms with Gasteiger partial charge in [0, 0.05) is 43.9 Å². The third kappa shape index (κ3) is 3.61. The van der Waals surface area contributed by atoms with E-state index in [2.05, 4.69) is 17.5 Å². The third-order valence-corrected chi connectivity index (χ3v) is 6.91. The SMILES string of the molecule is N#CC1Cc2cc(-c3ccc(C(=O)N4CCN(C(=O)C5(O)CCC5)CC4)cc3)ccc2N1. The fourth-order valence-electron chi connectivity index (χ4n) is 4.74. The van der Waals surface area contributed by atoms with Gasteiger partial charge in [-0.3, -0.25) is 9.59 Å². The van der Waals surface area contributed by atoms with Gasteiger partial charge in [0.2, 0.25) is 0 Å². The highest BCUT2D eigenvalue weighted by Crippen LogP contribution is 2.34. The lowest BCUT2D eigenvalue weighted by molar-refractivity contribution is -0.161. The lowest BCUT2D eigenvalue weighted by atomic mass is 9.79. The van der Waals surface area contributed by atoms with Gasteiger partial charge in [0.05, 0.1) is 6.07 Å². The quantitative estimate of drug-likeness (QED) is 0.780. The predicted octanol–water partition coefficient (Wildman–Crippen LogP) is 2.41. The number of carbonyl (C=O) groups excluding carboxylic acids is 2. The average Bonchev–Trinajstić information content (AvgIpc) is 3.24. The lowest BCUT2D eigenvalue weighted by Gasteiger charge is -2.42. The molecule has 0 aromatic heterocycles. The summed E-state index contributed by atoms with van der Waals surface area (Å²) in [5.41, 5.74) is 3.67. The number of hydrogen-bond acceptors (Lipinski definition) is 5. The molecular formula is C25H26N4O3. The number of anilines is 1. The predicted molar refractivity (Wildman–Crippen MR) is 120 cm³/mol. The summed E-state index contributed by atoms with van der Waals surface area (Å²) in [7, 11) is 0. The van der Waals surface area contributed by atoms with E-state index in [1.807, 2.05) is 36.4 Å². The highest BCUT2D eigenvalue weighted by molar-refractivity contribution is 5.95. The zero-order chi connectivity index (χ0) is 22.3. The Morgan fingerprint density at radius 1 is 1.00 bits per heavy atom. The van der Waals surface area contributed by atoms with Crippen molar-refractivity contribution in [1.82, 2.24) is 9.80 Å². The molecule has 7 heteroatoms. The Labute approximate surface area is 187 Å². The zero-order valence-corrected chi connectivity index (χ0v) is 17.9. The number of aliphatic hydroxyl groups is 1. The Hall–Kier alpha value is -3.37. The molecule has 1 aliphatic carbocycles. The molecule has 32 heavy (non-hydrogen) atoms. The monoisotopic (exact) mass is 430 g/mol. The van der Waals surface area contributed by atoms with Gasteiger partial charge in [-0.25, -0.2) is 0 Å². The van der Waals surface area contributed by atoms with Crippen LogP contribution in [-0.2, 0) is 11.2 Å².